The molecule has 4 amide bonds. The number of urea groups is 1. The van der Waals surface area contributed by atoms with Crippen LogP contribution >= 0.6 is 11.6 Å². The number of aryl methyl sites for hydroxylation is 1. The first-order valence-corrected chi connectivity index (χ1v) is 9.97. The van der Waals surface area contributed by atoms with E-state index in [4.69, 9.17) is 16.3 Å². The molecule has 1 aromatic rings. The molecule has 29 heavy (non-hydrogen) atoms. The van der Waals surface area contributed by atoms with Crippen LogP contribution in [0.3, 0.4) is 0 Å². The van der Waals surface area contributed by atoms with Crippen molar-refractivity contribution >= 4 is 35.1 Å². The highest BCUT2D eigenvalue weighted by Crippen LogP contribution is 2.51. The standard InChI is InChI=1S/C21H24ClN3O4/c1-11-5-6-12(9-13(11)22)23-10-21-8-7-14(29-21)15-16(21)18(27)25(17(15)26)19(28)24-20(2,3)4/h5-9,14-16,23H,10H2,1-4H3,(H,24,28). The summed E-state index contributed by atoms with van der Waals surface area (Å²) < 4.78 is 6.07. The molecule has 2 fully saturated rings. The summed E-state index contributed by atoms with van der Waals surface area (Å²) >= 11 is 6.19. The summed E-state index contributed by atoms with van der Waals surface area (Å²) in [5.41, 5.74) is 0.215. The van der Waals surface area contributed by atoms with Crippen molar-refractivity contribution in [3.8, 4) is 0 Å². The first-order chi connectivity index (χ1) is 13.5. The number of hydrogen-bond donors (Lipinski definition) is 2. The van der Waals surface area contributed by atoms with Crippen LogP contribution in [0.4, 0.5) is 10.5 Å². The summed E-state index contributed by atoms with van der Waals surface area (Å²) in [7, 11) is 0. The van der Waals surface area contributed by atoms with Gasteiger partial charge in [0.25, 0.3) is 0 Å². The summed E-state index contributed by atoms with van der Waals surface area (Å²) in [4.78, 5) is 39.3. The molecule has 1 aromatic carbocycles. The highest BCUT2D eigenvalue weighted by atomic mass is 35.5. The number of carbonyl (C=O) groups excluding carboxylic acids is 3. The molecule has 3 aliphatic heterocycles. The van der Waals surface area contributed by atoms with E-state index >= 15 is 0 Å². The van der Waals surface area contributed by atoms with E-state index in [0.717, 1.165) is 16.2 Å². The van der Waals surface area contributed by atoms with Crippen LogP contribution < -0.4 is 10.6 Å². The lowest BCUT2D eigenvalue weighted by Crippen LogP contribution is -2.52. The summed E-state index contributed by atoms with van der Waals surface area (Å²) in [6.07, 6.45) is 3.13. The largest absolute Gasteiger partial charge is 0.382 e. The van der Waals surface area contributed by atoms with E-state index in [0.29, 0.717) is 5.02 Å². The van der Waals surface area contributed by atoms with E-state index in [9.17, 15) is 14.4 Å². The molecule has 3 heterocycles. The van der Waals surface area contributed by atoms with Crippen molar-refractivity contribution in [1.82, 2.24) is 10.2 Å². The molecule has 2 bridgehead atoms. The number of rotatable bonds is 3. The number of likely N-dealkylation sites (tertiary alicyclic amines) is 1. The number of amides is 4. The monoisotopic (exact) mass is 417 g/mol. The highest BCUT2D eigenvalue weighted by Gasteiger charge is 2.68. The van der Waals surface area contributed by atoms with Crippen molar-refractivity contribution in [1.29, 1.82) is 0 Å². The van der Waals surface area contributed by atoms with Crippen molar-refractivity contribution in [2.24, 2.45) is 11.8 Å². The quantitative estimate of drug-likeness (QED) is 0.583. The smallest absolute Gasteiger partial charge is 0.331 e. The fourth-order valence-corrected chi connectivity index (χ4v) is 4.41. The van der Waals surface area contributed by atoms with Crippen LogP contribution in [0, 0.1) is 18.8 Å². The van der Waals surface area contributed by atoms with Crippen LogP contribution in [0.15, 0.2) is 30.4 Å². The van der Waals surface area contributed by atoms with Gasteiger partial charge in [0, 0.05) is 22.8 Å². The van der Waals surface area contributed by atoms with Crippen LogP contribution in [-0.4, -0.2) is 46.5 Å². The summed E-state index contributed by atoms with van der Waals surface area (Å²) in [5, 5.41) is 6.59. The second kappa shape index (κ2) is 6.57. The van der Waals surface area contributed by atoms with Crippen LogP contribution in [0.25, 0.3) is 0 Å². The number of imide groups is 3. The first-order valence-electron chi connectivity index (χ1n) is 9.60. The molecule has 3 aliphatic rings. The zero-order chi connectivity index (χ0) is 21.1. The van der Waals surface area contributed by atoms with Crippen molar-refractivity contribution in [2.45, 2.75) is 44.9 Å². The zero-order valence-electron chi connectivity index (χ0n) is 16.8. The van der Waals surface area contributed by atoms with Crippen LogP contribution in [0.5, 0.6) is 0 Å². The number of anilines is 1. The molecular formula is C21H24ClN3O4. The molecule has 8 heteroatoms. The van der Waals surface area contributed by atoms with E-state index in [1.54, 1.807) is 32.9 Å². The van der Waals surface area contributed by atoms with Gasteiger partial charge >= 0.3 is 6.03 Å². The molecule has 0 saturated carbocycles. The van der Waals surface area contributed by atoms with Crippen LogP contribution in [-0.2, 0) is 14.3 Å². The van der Waals surface area contributed by atoms with Crippen molar-refractivity contribution in [2.75, 3.05) is 11.9 Å². The number of hydrogen-bond acceptors (Lipinski definition) is 5. The Labute approximate surface area is 174 Å². The van der Waals surface area contributed by atoms with Gasteiger partial charge in [0.1, 0.15) is 5.60 Å². The number of fused-ring (bicyclic) bond motifs is 5. The van der Waals surface area contributed by atoms with E-state index < -0.39 is 46.9 Å². The molecular weight excluding hydrogens is 394 g/mol. The second-order valence-corrected chi connectivity index (χ2v) is 9.32. The minimum absolute atomic E-state index is 0.286. The van der Waals surface area contributed by atoms with E-state index in [-0.39, 0.29) is 6.54 Å². The molecule has 2 N–H and O–H groups in total. The lowest BCUT2D eigenvalue weighted by atomic mass is 9.77. The predicted molar refractivity (Wildman–Crippen MR) is 109 cm³/mol. The van der Waals surface area contributed by atoms with Crippen LogP contribution in [0.2, 0.25) is 5.02 Å². The molecule has 0 aliphatic carbocycles. The maximum absolute atomic E-state index is 13.1. The Morgan fingerprint density at radius 1 is 1.28 bits per heavy atom. The molecule has 2 saturated heterocycles. The Morgan fingerprint density at radius 2 is 2.00 bits per heavy atom. The van der Waals surface area contributed by atoms with Gasteiger partial charge in [0.15, 0.2) is 0 Å². The molecule has 4 atom stereocenters. The van der Waals surface area contributed by atoms with E-state index in [1.807, 2.05) is 25.1 Å². The topological polar surface area (TPSA) is 87.7 Å². The van der Waals surface area contributed by atoms with Gasteiger partial charge in [0.05, 0.1) is 17.9 Å². The average Bonchev–Trinajstić information content (AvgIpc) is 3.25. The van der Waals surface area contributed by atoms with Crippen molar-refractivity contribution in [3.63, 3.8) is 0 Å². The fraction of sp³-hybridized carbons (Fsp3) is 0.476. The van der Waals surface area contributed by atoms with Gasteiger partial charge in [0.2, 0.25) is 11.8 Å². The number of ether oxygens (including phenoxy) is 1. The maximum atomic E-state index is 13.1. The third-order valence-electron chi connectivity index (χ3n) is 5.58. The highest BCUT2D eigenvalue weighted by molar-refractivity contribution is 6.31. The number of benzene rings is 1. The lowest BCUT2D eigenvalue weighted by molar-refractivity contribution is -0.140. The van der Waals surface area contributed by atoms with Gasteiger partial charge in [-0.05, 0) is 45.4 Å². The Bertz CT molecular complexity index is 938. The SMILES string of the molecule is Cc1ccc(NCC23C=CC(O2)C2C(=O)N(C(=O)NC(C)(C)C)C(=O)C23)cc1Cl. The number of nitrogens with zero attached hydrogens (tertiary/aromatic N) is 1. The van der Waals surface area contributed by atoms with Crippen molar-refractivity contribution in [3.05, 3.63) is 40.9 Å². The van der Waals surface area contributed by atoms with Gasteiger partial charge in [-0.2, -0.15) is 4.90 Å². The minimum Gasteiger partial charge on any atom is -0.382 e. The number of nitrogens with one attached hydrogen (secondary N) is 2. The van der Waals surface area contributed by atoms with Gasteiger partial charge in [-0.3, -0.25) is 9.59 Å². The molecule has 4 unspecified atom stereocenters. The maximum Gasteiger partial charge on any atom is 0.331 e. The molecule has 4 rings (SSSR count). The Balaban J connectivity index is 1.56. The second-order valence-electron chi connectivity index (χ2n) is 8.91. The Kier molecular flexibility index (Phi) is 4.51. The lowest BCUT2D eigenvalue weighted by Gasteiger charge is -2.30. The third kappa shape index (κ3) is 3.22. The van der Waals surface area contributed by atoms with E-state index in [2.05, 4.69) is 10.6 Å². The molecule has 7 nitrogen and oxygen atoms in total. The molecule has 0 spiro atoms. The average molecular weight is 418 g/mol. The Hall–Kier alpha value is -2.38. The van der Waals surface area contributed by atoms with Gasteiger partial charge in [-0.15, -0.1) is 0 Å². The van der Waals surface area contributed by atoms with Crippen LogP contribution in [0.1, 0.15) is 26.3 Å². The minimum atomic E-state index is -0.976. The molecule has 154 valence electrons. The molecule has 0 radical (unpaired) electrons. The number of carbonyl (C=O) groups is 3. The van der Waals surface area contributed by atoms with Gasteiger partial charge in [-0.25, -0.2) is 4.79 Å². The summed E-state index contributed by atoms with van der Waals surface area (Å²) in [5.74, 6) is -2.43. The fourth-order valence-electron chi connectivity index (χ4n) is 4.23. The number of halogens is 1. The van der Waals surface area contributed by atoms with Gasteiger partial charge < -0.3 is 15.4 Å². The summed E-state index contributed by atoms with van der Waals surface area (Å²) in [6, 6.07) is 4.91. The van der Waals surface area contributed by atoms with Crippen molar-refractivity contribution < 1.29 is 19.1 Å². The van der Waals surface area contributed by atoms with Gasteiger partial charge in [-0.1, -0.05) is 29.8 Å². The summed E-state index contributed by atoms with van der Waals surface area (Å²) in [6.45, 7) is 7.59. The zero-order valence-corrected chi connectivity index (χ0v) is 17.5. The predicted octanol–water partition coefficient (Wildman–Crippen LogP) is 2.88. The first kappa shape index (κ1) is 19.9. The third-order valence-corrected chi connectivity index (χ3v) is 5.99. The molecule has 0 aromatic heterocycles. The normalized spacial score (nSPS) is 30.1. The van der Waals surface area contributed by atoms with E-state index in [1.165, 1.54) is 0 Å². The Morgan fingerprint density at radius 3 is 2.66 bits per heavy atom.